The van der Waals surface area contributed by atoms with Crippen LogP contribution < -0.4 is 5.32 Å². The van der Waals surface area contributed by atoms with Crippen molar-refractivity contribution < 1.29 is 43.9 Å². The summed E-state index contributed by atoms with van der Waals surface area (Å²) in [7, 11) is 0. The Labute approximate surface area is 177 Å². The lowest BCUT2D eigenvalue weighted by Gasteiger charge is -2.37. The number of piperazine rings is 1. The van der Waals surface area contributed by atoms with Crippen LogP contribution >= 0.6 is 24.8 Å². The number of rotatable bonds is 4. The second-order valence-corrected chi connectivity index (χ2v) is 6.37. The average Bonchev–Trinajstić information content (AvgIpc) is 2.54. The first-order valence-corrected chi connectivity index (χ1v) is 8.19. The molecule has 0 saturated carbocycles. The Balaban J connectivity index is 0.00000420. The summed E-state index contributed by atoms with van der Waals surface area (Å²) < 4.78 is 131. The van der Waals surface area contributed by atoms with Gasteiger partial charge < -0.3 is 5.32 Å². The van der Waals surface area contributed by atoms with Crippen molar-refractivity contribution in [2.24, 2.45) is 0 Å². The van der Waals surface area contributed by atoms with Gasteiger partial charge in [0.2, 0.25) is 0 Å². The summed E-state index contributed by atoms with van der Waals surface area (Å²) in [5.74, 6) is -1.83. The van der Waals surface area contributed by atoms with Crippen LogP contribution in [0.5, 0.6) is 0 Å². The standard InChI is InChI=1S/C16H16F10N2.2ClH/c17-11-8-9(15(21,22)23)7-10(16(24,25)26)13(11)12(1-2-14(18,19)20)28-5-3-27-4-6-28;;/h7-8,12,27H,1-6H2;2*1H/t12-;;/m0../s1. The third-order valence-corrected chi connectivity index (χ3v) is 4.39. The van der Waals surface area contributed by atoms with Crippen molar-refractivity contribution in [3.8, 4) is 0 Å². The molecule has 1 fully saturated rings. The van der Waals surface area contributed by atoms with E-state index in [1.807, 2.05) is 0 Å². The van der Waals surface area contributed by atoms with E-state index in [2.05, 4.69) is 5.32 Å². The number of hydrogen-bond acceptors (Lipinski definition) is 2. The second kappa shape index (κ2) is 10.6. The number of benzene rings is 1. The van der Waals surface area contributed by atoms with Crippen molar-refractivity contribution in [3.63, 3.8) is 0 Å². The van der Waals surface area contributed by atoms with Crippen LogP contribution in [0.4, 0.5) is 43.9 Å². The van der Waals surface area contributed by atoms with Crippen LogP contribution in [0.3, 0.4) is 0 Å². The first kappa shape index (κ1) is 29.0. The van der Waals surface area contributed by atoms with Crippen molar-refractivity contribution in [1.82, 2.24) is 10.2 Å². The molecule has 0 aliphatic carbocycles. The third kappa shape index (κ3) is 7.61. The number of alkyl halides is 9. The average molecular weight is 499 g/mol. The van der Waals surface area contributed by atoms with Crippen LogP contribution in [0.1, 0.15) is 35.6 Å². The Morgan fingerprint density at radius 1 is 0.867 bits per heavy atom. The van der Waals surface area contributed by atoms with E-state index >= 15 is 0 Å². The molecule has 0 aromatic heterocycles. The molecule has 1 aromatic rings. The van der Waals surface area contributed by atoms with Gasteiger partial charge in [-0.05, 0) is 18.6 Å². The van der Waals surface area contributed by atoms with Gasteiger partial charge in [0.15, 0.2) is 0 Å². The Morgan fingerprint density at radius 3 is 1.83 bits per heavy atom. The highest BCUT2D eigenvalue weighted by Gasteiger charge is 2.43. The van der Waals surface area contributed by atoms with Crippen LogP contribution in [-0.2, 0) is 12.4 Å². The van der Waals surface area contributed by atoms with Crippen LogP contribution in [0.25, 0.3) is 0 Å². The fourth-order valence-electron chi connectivity index (χ4n) is 3.16. The number of hydrogen-bond donors (Lipinski definition) is 1. The molecule has 14 heteroatoms. The zero-order valence-electron chi connectivity index (χ0n) is 15.0. The molecule has 30 heavy (non-hydrogen) atoms. The van der Waals surface area contributed by atoms with E-state index in [0.717, 1.165) is 0 Å². The summed E-state index contributed by atoms with van der Waals surface area (Å²) in [5, 5.41) is 2.85. The Morgan fingerprint density at radius 2 is 1.40 bits per heavy atom. The van der Waals surface area contributed by atoms with Gasteiger partial charge in [-0.25, -0.2) is 4.39 Å². The van der Waals surface area contributed by atoms with Crippen LogP contribution in [0, 0.1) is 5.82 Å². The largest absolute Gasteiger partial charge is 0.416 e. The molecule has 2 nitrogen and oxygen atoms in total. The normalized spacial score (nSPS) is 17.1. The van der Waals surface area contributed by atoms with Gasteiger partial charge in [0.25, 0.3) is 0 Å². The fraction of sp³-hybridized carbons (Fsp3) is 0.625. The summed E-state index contributed by atoms with van der Waals surface area (Å²) in [6.07, 6.45) is -17.7. The molecule has 1 aromatic carbocycles. The summed E-state index contributed by atoms with van der Waals surface area (Å²) in [5.41, 5.74) is -4.95. The molecule has 1 saturated heterocycles. The van der Waals surface area contributed by atoms with Crippen LogP contribution in [0.2, 0.25) is 0 Å². The highest BCUT2D eigenvalue weighted by atomic mass is 35.5. The van der Waals surface area contributed by atoms with Gasteiger partial charge in [0, 0.05) is 44.2 Å². The zero-order chi connectivity index (χ0) is 21.3. The third-order valence-electron chi connectivity index (χ3n) is 4.39. The molecule has 0 amide bonds. The molecular weight excluding hydrogens is 481 g/mol. The maximum atomic E-state index is 14.5. The predicted molar refractivity (Wildman–Crippen MR) is 93.4 cm³/mol. The predicted octanol–water partition coefficient (Wildman–Crippen LogP) is 6.00. The van der Waals surface area contributed by atoms with E-state index in [1.165, 1.54) is 4.90 Å². The van der Waals surface area contributed by atoms with Crippen molar-refractivity contribution in [1.29, 1.82) is 0 Å². The number of nitrogens with zero attached hydrogens (tertiary/aromatic N) is 1. The van der Waals surface area contributed by atoms with Crippen molar-refractivity contribution in [3.05, 3.63) is 34.6 Å². The summed E-state index contributed by atoms with van der Waals surface area (Å²) >= 11 is 0. The molecule has 2 rings (SSSR count). The van der Waals surface area contributed by atoms with Crippen molar-refractivity contribution in [2.75, 3.05) is 26.2 Å². The van der Waals surface area contributed by atoms with Gasteiger partial charge in [-0.3, -0.25) is 4.90 Å². The second-order valence-electron chi connectivity index (χ2n) is 6.37. The minimum absolute atomic E-state index is 0. The fourth-order valence-corrected chi connectivity index (χ4v) is 3.16. The molecule has 0 bridgehead atoms. The van der Waals surface area contributed by atoms with Gasteiger partial charge in [0.1, 0.15) is 5.82 Å². The Bertz CT molecular complexity index is 682. The molecule has 1 N–H and O–H groups in total. The first-order valence-electron chi connectivity index (χ1n) is 8.19. The lowest BCUT2D eigenvalue weighted by atomic mass is 9.92. The van der Waals surface area contributed by atoms with Crippen molar-refractivity contribution in [2.45, 2.75) is 37.4 Å². The summed E-state index contributed by atoms with van der Waals surface area (Å²) in [4.78, 5) is 1.23. The quantitative estimate of drug-likeness (QED) is 0.512. The zero-order valence-corrected chi connectivity index (χ0v) is 16.7. The van der Waals surface area contributed by atoms with E-state index in [1.54, 1.807) is 0 Å². The molecule has 1 atom stereocenters. The molecule has 0 radical (unpaired) electrons. The molecule has 0 spiro atoms. The maximum absolute atomic E-state index is 14.5. The number of halogens is 12. The summed E-state index contributed by atoms with van der Waals surface area (Å²) in [6.45, 7) is 0.540. The molecule has 176 valence electrons. The van der Waals surface area contributed by atoms with Gasteiger partial charge in [-0.2, -0.15) is 39.5 Å². The van der Waals surface area contributed by atoms with E-state index in [4.69, 9.17) is 0 Å². The SMILES string of the molecule is Cl.Cl.Fc1cc(C(F)(F)F)cc(C(F)(F)F)c1[C@H](CCC(F)(F)F)N1CCNCC1. The Hall–Kier alpha value is -0.980. The van der Waals surface area contributed by atoms with Gasteiger partial charge in [0.05, 0.1) is 11.1 Å². The minimum atomic E-state index is -5.37. The topological polar surface area (TPSA) is 15.3 Å². The van der Waals surface area contributed by atoms with E-state index < -0.39 is 59.9 Å². The lowest BCUT2D eigenvalue weighted by molar-refractivity contribution is -0.144. The lowest BCUT2D eigenvalue weighted by Crippen LogP contribution is -2.46. The summed E-state index contributed by atoms with van der Waals surface area (Å²) in [6, 6.07) is -2.02. The number of nitrogens with one attached hydrogen (secondary N) is 1. The smallest absolute Gasteiger partial charge is 0.314 e. The van der Waals surface area contributed by atoms with Crippen LogP contribution in [0.15, 0.2) is 12.1 Å². The molecule has 1 heterocycles. The van der Waals surface area contributed by atoms with Gasteiger partial charge >= 0.3 is 18.5 Å². The molecule has 1 aliphatic heterocycles. The highest BCUT2D eigenvalue weighted by Crippen LogP contribution is 2.43. The van der Waals surface area contributed by atoms with Crippen molar-refractivity contribution >= 4 is 24.8 Å². The maximum Gasteiger partial charge on any atom is 0.416 e. The monoisotopic (exact) mass is 498 g/mol. The molecule has 1 aliphatic rings. The van der Waals surface area contributed by atoms with E-state index in [-0.39, 0.29) is 63.1 Å². The van der Waals surface area contributed by atoms with E-state index in [9.17, 15) is 43.9 Å². The Kier molecular flexibility index (Phi) is 10.2. The van der Waals surface area contributed by atoms with Gasteiger partial charge in [-0.1, -0.05) is 0 Å². The highest BCUT2D eigenvalue weighted by molar-refractivity contribution is 5.85. The van der Waals surface area contributed by atoms with Crippen LogP contribution in [-0.4, -0.2) is 37.3 Å². The van der Waals surface area contributed by atoms with E-state index in [0.29, 0.717) is 0 Å². The van der Waals surface area contributed by atoms with Gasteiger partial charge in [-0.15, -0.1) is 24.8 Å². The first-order chi connectivity index (χ1) is 12.7. The molecular formula is C16H18Cl2F10N2. The minimum Gasteiger partial charge on any atom is -0.314 e. The molecule has 0 unspecified atom stereocenters.